The lowest BCUT2D eigenvalue weighted by atomic mass is 10.1. The van der Waals surface area contributed by atoms with Crippen molar-refractivity contribution in [1.82, 2.24) is 4.90 Å². The first-order valence-electron chi connectivity index (χ1n) is 6.05. The number of rotatable bonds is 6. The molecule has 4 nitrogen and oxygen atoms in total. The summed E-state index contributed by atoms with van der Waals surface area (Å²) in [5, 5.41) is 8.80. The Morgan fingerprint density at radius 2 is 2.25 bits per heavy atom. The molecule has 1 N–H and O–H groups in total. The Labute approximate surface area is 97.6 Å². The number of hydrogen-bond acceptors (Lipinski definition) is 3. The molecule has 0 saturated carbocycles. The highest BCUT2D eigenvalue weighted by molar-refractivity contribution is 5.69. The minimum absolute atomic E-state index is 0.0359. The maximum atomic E-state index is 10.7. The lowest BCUT2D eigenvalue weighted by Gasteiger charge is -2.25. The van der Waals surface area contributed by atoms with Gasteiger partial charge in [0.1, 0.15) is 0 Å². The molecule has 0 aromatic rings. The van der Waals surface area contributed by atoms with Crippen LogP contribution in [-0.4, -0.2) is 47.3 Å². The van der Waals surface area contributed by atoms with Crippen molar-refractivity contribution in [2.24, 2.45) is 0 Å². The van der Waals surface area contributed by atoms with Crippen molar-refractivity contribution in [3.05, 3.63) is 0 Å². The van der Waals surface area contributed by atoms with Gasteiger partial charge in [0.15, 0.2) is 0 Å². The zero-order chi connectivity index (χ0) is 12.2. The van der Waals surface area contributed by atoms with Crippen molar-refractivity contribution < 1.29 is 14.6 Å². The van der Waals surface area contributed by atoms with Gasteiger partial charge >= 0.3 is 5.97 Å². The van der Waals surface area contributed by atoms with E-state index < -0.39 is 5.97 Å². The van der Waals surface area contributed by atoms with Crippen molar-refractivity contribution >= 4 is 5.97 Å². The van der Waals surface area contributed by atoms with Gasteiger partial charge in [-0.1, -0.05) is 6.92 Å². The molecule has 0 aromatic heterocycles. The molecule has 0 bridgehead atoms. The Morgan fingerprint density at radius 3 is 2.69 bits per heavy atom. The molecule has 1 heterocycles. The molecule has 1 aliphatic rings. The molecule has 0 aliphatic carbocycles. The molecule has 1 atom stereocenters. The fraction of sp³-hybridized carbons (Fsp3) is 0.917. The third-order valence-electron chi connectivity index (χ3n) is 2.91. The Hall–Kier alpha value is -0.610. The predicted molar refractivity (Wildman–Crippen MR) is 62.6 cm³/mol. The standard InChI is InChI=1S/C12H23NO3/c1-4-7-13(9-11(14)15)8-10-5-6-12(2,3)16-10/h10H,4-9H2,1-3H3,(H,14,15). The second kappa shape index (κ2) is 5.64. The molecular formula is C12H23NO3. The van der Waals surface area contributed by atoms with E-state index in [-0.39, 0.29) is 18.2 Å². The van der Waals surface area contributed by atoms with E-state index in [2.05, 4.69) is 20.8 Å². The highest BCUT2D eigenvalue weighted by atomic mass is 16.5. The molecule has 1 fully saturated rings. The zero-order valence-corrected chi connectivity index (χ0v) is 10.5. The van der Waals surface area contributed by atoms with Gasteiger partial charge in [-0.2, -0.15) is 0 Å². The van der Waals surface area contributed by atoms with Crippen LogP contribution in [-0.2, 0) is 9.53 Å². The molecule has 0 aromatic carbocycles. The fourth-order valence-corrected chi connectivity index (χ4v) is 2.24. The Balaban J connectivity index is 2.40. The summed E-state index contributed by atoms with van der Waals surface area (Å²) in [6.07, 6.45) is 3.27. The average Bonchev–Trinajstić information content (AvgIpc) is 2.44. The first-order chi connectivity index (χ1) is 7.43. The van der Waals surface area contributed by atoms with E-state index in [1.165, 1.54) is 0 Å². The molecule has 0 amide bonds. The monoisotopic (exact) mass is 229 g/mol. The summed E-state index contributed by atoms with van der Waals surface area (Å²) in [6, 6.07) is 0. The summed E-state index contributed by atoms with van der Waals surface area (Å²) >= 11 is 0. The number of carboxylic acids is 1. The first-order valence-corrected chi connectivity index (χ1v) is 6.05. The third-order valence-corrected chi connectivity index (χ3v) is 2.91. The number of aliphatic carboxylic acids is 1. The van der Waals surface area contributed by atoms with Crippen molar-refractivity contribution in [3.63, 3.8) is 0 Å². The van der Waals surface area contributed by atoms with E-state index in [4.69, 9.17) is 9.84 Å². The van der Waals surface area contributed by atoms with Crippen LogP contribution >= 0.6 is 0 Å². The van der Waals surface area contributed by atoms with Crippen LogP contribution in [0.4, 0.5) is 0 Å². The van der Waals surface area contributed by atoms with E-state index in [0.717, 1.165) is 32.4 Å². The Morgan fingerprint density at radius 1 is 1.56 bits per heavy atom. The lowest BCUT2D eigenvalue weighted by Crippen LogP contribution is -2.37. The smallest absolute Gasteiger partial charge is 0.317 e. The number of hydrogen-bond donors (Lipinski definition) is 1. The Kier molecular flexibility index (Phi) is 4.74. The van der Waals surface area contributed by atoms with Gasteiger partial charge < -0.3 is 9.84 Å². The van der Waals surface area contributed by atoms with Crippen LogP contribution in [0.3, 0.4) is 0 Å². The van der Waals surface area contributed by atoms with Gasteiger partial charge in [0.25, 0.3) is 0 Å². The summed E-state index contributed by atoms with van der Waals surface area (Å²) in [5.41, 5.74) is -0.0359. The fourth-order valence-electron chi connectivity index (χ4n) is 2.24. The van der Waals surface area contributed by atoms with E-state index in [1.807, 2.05) is 4.90 Å². The minimum Gasteiger partial charge on any atom is -0.480 e. The molecule has 94 valence electrons. The van der Waals surface area contributed by atoms with Gasteiger partial charge in [0, 0.05) is 6.54 Å². The highest BCUT2D eigenvalue weighted by Gasteiger charge is 2.32. The molecule has 0 radical (unpaired) electrons. The van der Waals surface area contributed by atoms with Gasteiger partial charge in [-0.25, -0.2) is 0 Å². The normalized spacial score (nSPS) is 23.9. The topological polar surface area (TPSA) is 49.8 Å². The van der Waals surface area contributed by atoms with Crippen LogP contribution in [0.1, 0.15) is 40.0 Å². The SMILES string of the molecule is CCCN(CC(=O)O)CC1CCC(C)(C)O1. The Bertz CT molecular complexity index is 240. The van der Waals surface area contributed by atoms with Gasteiger partial charge in [-0.15, -0.1) is 0 Å². The first kappa shape index (κ1) is 13.5. The largest absolute Gasteiger partial charge is 0.480 e. The van der Waals surface area contributed by atoms with E-state index in [1.54, 1.807) is 0 Å². The number of carboxylic acid groups (broad SMARTS) is 1. The summed E-state index contributed by atoms with van der Waals surface area (Å²) in [7, 11) is 0. The molecule has 1 rings (SSSR count). The van der Waals surface area contributed by atoms with Crippen LogP contribution in [0.15, 0.2) is 0 Å². The van der Waals surface area contributed by atoms with E-state index in [0.29, 0.717) is 0 Å². The molecule has 4 heteroatoms. The van der Waals surface area contributed by atoms with Crippen LogP contribution in [0.25, 0.3) is 0 Å². The quantitative estimate of drug-likeness (QED) is 0.753. The van der Waals surface area contributed by atoms with Crippen molar-refractivity contribution in [2.75, 3.05) is 19.6 Å². The van der Waals surface area contributed by atoms with Crippen LogP contribution in [0.2, 0.25) is 0 Å². The van der Waals surface area contributed by atoms with Gasteiger partial charge in [0.05, 0.1) is 18.2 Å². The van der Waals surface area contributed by atoms with Crippen molar-refractivity contribution in [2.45, 2.75) is 51.7 Å². The minimum atomic E-state index is -0.759. The number of carbonyl (C=O) groups is 1. The molecule has 1 saturated heterocycles. The zero-order valence-electron chi connectivity index (χ0n) is 10.5. The van der Waals surface area contributed by atoms with Gasteiger partial charge in [0.2, 0.25) is 0 Å². The summed E-state index contributed by atoms with van der Waals surface area (Å²) < 4.78 is 5.87. The summed E-state index contributed by atoms with van der Waals surface area (Å²) in [4.78, 5) is 12.7. The van der Waals surface area contributed by atoms with Crippen LogP contribution in [0.5, 0.6) is 0 Å². The average molecular weight is 229 g/mol. The second-order valence-corrected chi connectivity index (χ2v) is 5.17. The molecule has 0 spiro atoms. The molecule has 1 aliphatic heterocycles. The molecular weight excluding hydrogens is 206 g/mol. The third kappa shape index (κ3) is 4.49. The van der Waals surface area contributed by atoms with Crippen molar-refractivity contribution in [1.29, 1.82) is 0 Å². The summed E-state index contributed by atoms with van der Waals surface area (Å²) in [5.74, 6) is -0.759. The second-order valence-electron chi connectivity index (χ2n) is 5.17. The highest BCUT2D eigenvalue weighted by Crippen LogP contribution is 2.29. The molecule has 1 unspecified atom stereocenters. The lowest BCUT2D eigenvalue weighted by molar-refractivity contribution is -0.138. The van der Waals surface area contributed by atoms with E-state index in [9.17, 15) is 4.79 Å². The van der Waals surface area contributed by atoms with E-state index >= 15 is 0 Å². The maximum Gasteiger partial charge on any atom is 0.317 e. The van der Waals surface area contributed by atoms with Gasteiger partial charge in [-0.3, -0.25) is 9.69 Å². The van der Waals surface area contributed by atoms with Gasteiger partial charge in [-0.05, 0) is 39.7 Å². The number of nitrogens with zero attached hydrogens (tertiary/aromatic N) is 1. The summed E-state index contributed by atoms with van der Waals surface area (Å²) in [6.45, 7) is 7.93. The van der Waals surface area contributed by atoms with Crippen LogP contribution < -0.4 is 0 Å². The van der Waals surface area contributed by atoms with Crippen LogP contribution in [0, 0.1) is 0 Å². The predicted octanol–water partition coefficient (Wildman–Crippen LogP) is 1.74. The van der Waals surface area contributed by atoms with Crippen molar-refractivity contribution in [3.8, 4) is 0 Å². The molecule has 16 heavy (non-hydrogen) atoms. The number of ether oxygens (including phenoxy) is 1. The maximum absolute atomic E-state index is 10.7.